The summed E-state index contributed by atoms with van der Waals surface area (Å²) in [6.07, 6.45) is 1.42. The summed E-state index contributed by atoms with van der Waals surface area (Å²) in [6, 6.07) is 22.0. The number of urea groups is 1. The average molecular weight is 559 g/mol. The van der Waals surface area contributed by atoms with Crippen LogP contribution in [0.3, 0.4) is 0 Å². The highest BCUT2D eigenvalue weighted by Gasteiger charge is 2.19. The lowest BCUT2D eigenvalue weighted by Gasteiger charge is -2.26. The Balaban J connectivity index is 1.41. The molecule has 0 radical (unpaired) electrons. The van der Waals surface area contributed by atoms with E-state index in [0.717, 1.165) is 40.7 Å². The van der Waals surface area contributed by atoms with Gasteiger partial charge < -0.3 is 24.8 Å². The Morgan fingerprint density at radius 1 is 1.00 bits per heavy atom. The fraction of sp³-hybridized carbons (Fsp3) is 0.300. The summed E-state index contributed by atoms with van der Waals surface area (Å²) < 4.78 is 9.49. The molecule has 1 heterocycles. The number of aromatic nitrogens is 4. The maximum absolute atomic E-state index is 13.3. The number of aliphatic hydroxyl groups is 1. The third-order valence-electron chi connectivity index (χ3n) is 6.54. The highest BCUT2D eigenvalue weighted by molar-refractivity contribution is 5.80. The molecule has 4 rings (SSSR count). The molecule has 1 unspecified atom stereocenters. The number of carbonyl (C=O) groups excluding carboxylic acids is 2. The minimum absolute atomic E-state index is 0.220. The monoisotopic (exact) mass is 558 g/mol. The van der Waals surface area contributed by atoms with Crippen molar-refractivity contribution in [3.05, 3.63) is 83.9 Å². The highest BCUT2D eigenvalue weighted by atomic mass is 16.7. The van der Waals surface area contributed by atoms with Gasteiger partial charge in [0.25, 0.3) is 0 Å². The molecule has 0 saturated heterocycles. The number of nitrogens with zero attached hydrogens (tertiary/aromatic N) is 4. The van der Waals surface area contributed by atoms with Gasteiger partial charge in [-0.15, -0.1) is 10.2 Å². The smallest absolute Gasteiger partial charge is 0.437 e. The Bertz CT molecular complexity index is 1390. The molecule has 0 fully saturated rings. The number of nitrogens with one attached hydrogen (secondary N) is 2. The fourth-order valence-corrected chi connectivity index (χ4v) is 4.36. The van der Waals surface area contributed by atoms with Gasteiger partial charge in [-0.2, -0.15) is 5.21 Å². The third kappa shape index (κ3) is 8.12. The molecule has 1 atom stereocenters. The van der Waals surface area contributed by atoms with Crippen molar-refractivity contribution < 1.29 is 24.2 Å². The first kappa shape index (κ1) is 29.2. The van der Waals surface area contributed by atoms with Crippen molar-refractivity contribution in [1.29, 1.82) is 0 Å². The molecule has 0 aliphatic carbocycles. The van der Waals surface area contributed by atoms with Gasteiger partial charge in [-0.05, 0) is 52.4 Å². The minimum atomic E-state index is -0.797. The van der Waals surface area contributed by atoms with Crippen molar-refractivity contribution in [2.24, 2.45) is 0 Å². The first-order chi connectivity index (χ1) is 20.0. The SMILES string of the molecule is CCCCN(Cc1ccc(-c2ccccc2-c2nn[nH]n2)cc1)C(=O)NC(CO)Cc1ccc(OC(=O)OC)cc1. The van der Waals surface area contributed by atoms with Gasteiger partial charge in [-0.3, -0.25) is 0 Å². The minimum Gasteiger partial charge on any atom is -0.437 e. The lowest BCUT2D eigenvalue weighted by Crippen LogP contribution is -2.47. The maximum Gasteiger partial charge on any atom is 0.513 e. The number of tetrazole rings is 1. The Morgan fingerprint density at radius 3 is 2.34 bits per heavy atom. The van der Waals surface area contributed by atoms with Crippen LogP contribution in [0.15, 0.2) is 72.8 Å². The molecule has 4 aromatic rings. The van der Waals surface area contributed by atoms with E-state index < -0.39 is 12.2 Å². The quantitative estimate of drug-likeness (QED) is 0.169. The van der Waals surface area contributed by atoms with E-state index >= 15 is 0 Å². The molecule has 11 heteroatoms. The second-order valence-electron chi connectivity index (χ2n) is 9.49. The molecule has 0 bridgehead atoms. The summed E-state index contributed by atoms with van der Waals surface area (Å²) in [4.78, 5) is 26.3. The van der Waals surface area contributed by atoms with Crippen LogP contribution in [0.25, 0.3) is 22.5 Å². The molecule has 11 nitrogen and oxygen atoms in total. The number of hydrogen-bond donors (Lipinski definition) is 3. The number of hydrogen-bond acceptors (Lipinski definition) is 8. The number of H-pyrrole nitrogens is 1. The van der Waals surface area contributed by atoms with Gasteiger partial charge in [-0.25, -0.2) is 9.59 Å². The summed E-state index contributed by atoms with van der Waals surface area (Å²) in [5.74, 6) is 0.872. The topological polar surface area (TPSA) is 143 Å². The normalized spacial score (nSPS) is 11.5. The summed E-state index contributed by atoms with van der Waals surface area (Å²) in [5, 5.41) is 27.3. The molecule has 0 aliphatic heterocycles. The van der Waals surface area contributed by atoms with E-state index in [2.05, 4.69) is 37.6 Å². The summed E-state index contributed by atoms with van der Waals surface area (Å²) in [5.41, 5.74) is 4.72. The van der Waals surface area contributed by atoms with Crippen LogP contribution in [0.2, 0.25) is 0 Å². The predicted octanol–water partition coefficient (Wildman–Crippen LogP) is 4.59. The van der Waals surface area contributed by atoms with Gasteiger partial charge >= 0.3 is 12.2 Å². The van der Waals surface area contributed by atoms with Crippen molar-refractivity contribution in [3.63, 3.8) is 0 Å². The standard InChI is InChI=1S/C30H34N6O5/c1-3-4-17-36(29(38)31-24(20-37)18-21-11-15-25(16-12-21)41-30(39)40-2)19-22-9-13-23(14-10-22)26-7-5-6-8-27(26)28-32-34-35-33-28/h5-16,24,37H,3-4,17-20H2,1-2H3,(H,31,38)(H,32,33,34,35). The first-order valence-corrected chi connectivity index (χ1v) is 13.4. The zero-order chi connectivity index (χ0) is 29.0. The molecule has 0 aliphatic rings. The van der Waals surface area contributed by atoms with Crippen molar-refractivity contribution >= 4 is 12.2 Å². The van der Waals surface area contributed by atoms with Gasteiger partial charge in [0.05, 0.1) is 19.8 Å². The number of benzene rings is 3. The van der Waals surface area contributed by atoms with E-state index in [1.54, 1.807) is 29.2 Å². The van der Waals surface area contributed by atoms with Crippen molar-refractivity contribution in [2.75, 3.05) is 20.3 Å². The van der Waals surface area contributed by atoms with Crippen molar-refractivity contribution in [3.8, 4) is 28.3 Å². The van der Waals surface area contributed by atoms with Crippen LogP contribution in [0.1, 0.15) is 30.9 Å². The number of carbonyl (C=O) groups is 2. The van der Waals surface area contributed by atoms with Gasteiger partial charge in [0.1, 0.15) is 5.75 Å². The van der Waals surface area contributed by atoms with Crippen LogP contribution in [-0.2, 0) is 17.7 Å². The Hall–Kier alpha value is -4.77. The molecule has 0 spiro atoms. The number of unbranched alkanes of at least 4 members (excludes halogenated alkanes) is 1. The maximum atomic E-state index is 13.3. The first-order valence-electron chi connectivity index (χ1n) is 13.4. The van der Waals surface area contributed by atoms with Crippen molar-refractivity contribution in [2.45, 2.75) is 38.8 Å². The molecular weight excluding hydrogens is 524 g/mol. The van der Waals surface area contributed by atoms with E-state index in [1.165, 1.54) is 7.11 Å². The number of rotatable bonds is 12. The van der Waals surface area contributed by atoms with Gasteiger partial charge in [0, 0.05) is 18.7 Å². The van der Waals surface area contributed by atoms with Gasteiger partial charge in [0.2, 0.25) is 5.82 Å². The van der Waals surface area contributed by atoms with Crippen LogP contribution >= 0.6 is 0 Å². The van der Waals surface area contributed by atoms with Crippen LogP contribution in [-0.4, -0.2) is 69.1 Å². The second kappa shape index (κ2) is 14.6. The largest absolute Gasteiger partial charge is 0.513 e. The van der Waals surface area contributed by atoms with Crippen molar-refractivity contribution in [1.82, 2.24) is 30.8 Å². The number of methoxy groups -OCH3 is 1. The Labute approximate surface area is 238 Å². The summed E-state index contributed by atoms with van der Waals surface area (Å²) in [7, 11) is 1.24. The second-order valence-corrected chi connectivity index (χ2v) is 9.49. The average Bonchev–Trinajstić information content (AvgIpc) is 3.55. The van der Waals surface area contributed by atoms with Gasteiger partial charge in [0.15, 0.2) is 0 Å². The molecule has 0 saturated carbocycles. The van der Waals surface area contributed by atoms with E-state index in [1.807, 2.05) is 48.5 Å². The molecule has 214 valence electrons. The highest BCUT2D eigenvalue weighted by Crippen LogP contribution is 2.30. The van der Waals surface area contributed by atoms with Crippen LogP contribution < -0.4 is 10.1 Å². The van der Waals surface area contributed by atoms with E-state index in [9.17, 15) is 14.7 Å². The van der Waals surface area contributed by atoms with E-state index in [-0.39, 0.29) is 12.6 Å². The van der Waals surface area contributed by atoms with Crippen LogP contribution in [0, 0.1) is 0 Å². The molecule has 2 amide bonds. The fourth-order valence-electron chi connectivity index (χ4n) is 4.36. The number of aromatic amines is 1. The number of ether oxygens (including phenoxy) is 2. The Kier molecular flexibility index (Phi) is 10.4. The number of aliphatic hydroxyl groups excluding tert-OH is 1. The zero-order valence-electron chi connectivity index (χ0n) is 23.1. The zero-order valence-corrected chi connectivity index (χ0v) is 23.1. The van der Waals surface area contributed by atoms with E-state index in [0.29, 0.717) is 31.1 Å². The lowest BCUT2D eigenvalue weighted by molar-refractivity contribution is 0.121. The Morgan fingerprint density at radius 2 is 1.71 bits per heavy atom. The molecule has 3 N–H and O–H groups in total. The molecule has 1 aromatic heterocycles. The molecular formula is C30H34N6O5. The summed E-state index contributed by atoms with van der Waals surface area (Å²) in [6.45, 7) is 2.87. The molecule has 3 aromatic carbocycles. The summed E-state index contributed by atoms with van der Waals surface area (Å²) >= 11 is 0. The number of amides is 2. The third-order valence-corrected chi connectivity index (χ3v) is 6.54. The lowest BCUT2D eigenvalue weighted by atomic mass is 9.98. The van der Waals surface area contributed by atoms with Crippen LogP contribution in [0.4, 0.5) is 9.59 Å². The van der Waals surface area contributed by atoms with Crippen LogP contribution in [0.5, 0.6) is 5.75 Å². The molecule has 41 heavy (non-hydrogen) atoms. The van der Waals surface area contributed by atoms with E-state index in [4.69, 9.17) is 4.74 Å². The predicted molar refractivity (Wildman–Crippen MR) is 153 cm³/mol. The van der Waals surface area contributed by atoms with Gasteiger partial charge in [-0.1, -0.05) is 74.0 Å².